The molecule has 0 atom stereocenters. The van der Waals surface area contributed by atoms with E-state index in [1.165, 1.54) is 0 Å². The lowest BCUT2D eigenvalue weighted by atomic mass is 10.2. The second-order valence-electron chi connectivity index (χ2n) is 2.17. The van der Waals surface area contributed by atoms with Crippen LogP contribution in [-0.2, 0) is 0 Å². The second kappa shape index (κ2) is 4.13. The maximum Gasteiger partial charge on any atom is 0.274 e. The average Bonchev–Trinajstić information content (AvgIpc) is 2.17. The normalized spacial score (nSPS) is 9.50. The van der Waals surface area contributed by atoms with Crippen molar-refractivity contribution in [2.45, 2.75) is 4.90 Å². The van der Waals surface area contributed by atoms with Crippen molar-refractivity contribution in [1.82, 2.24) is 5.48 Å². The van der Waals surface area contributed by atoms with Gasteiger partial charge in [-0.05, 0) is 30.5 Å². The molecule has 64 valence electrons. The van der Waals surface area contributed by atoms with Gasteiger partial charge in [0, 0.05) is 10.5 Å². The minimum atomic E-state index is -0.484. The molecule has 0 aliphatic heterocycles. The van der Waals surface area contributed by atoms with Crippen molar-refractivity contribution in [3.05, 3.63) is 29.8 Å². The van der Waals surface area contributed by atoms with E-state index in [0.29, 0.717) is 5.56 Å². The van der Waals surface area contributed by atoms with Gasteiger partial charge in [-0.3, -0.25) is 10.0 Å². The Hall–Kier alpha value is -1.00. The van der Waals surface area contributed by atoms with Gasteiger partial charge in [0.05, 0.1) is 0 Å². The fourth-order valence-corrected chi connectivity index (χ4v) is 1.22. The molecule has 0 spiro atoms. The fourth-order valence-electron chi connectivity index (χ4n) is 0.807. The van der Waals surface area contributed by atoms with E-state index in [1.807, 2.05) is 18.4 Å². The van der Waals surface area contributed by atoms with E-state index in [9.17, 15) is 4.79 Å². The molecule has 1 aromatic rings. The van der Waals surface area contributed by atoms with Crippen LogP contribution in [0.25, 0.3) is 0 Å². The first-order valence-corrected chi connectivity index (χ1v) is 4.59. The van der Waals surface area contributed by atoms with Crippen molar-refractivity contribution in [2.75, 3.05) is 6.26 Å². The lowest BCUT2D eigenvalue weighted by Crippen LogP contribution is -2.18. The van der Waals surface area contributed by atoms with Gasteiger partial charge >= 0.3 is 0 Å². The quantitative estimate of drug-likeness (QED) is 0.415. The minimum absolute atomic E-state index is 0.454. The number of hydroxylamine groups is 1. The predicted octanol–water partition coefficient (Wildman–Crippen LogP) is 1.53. The maximum absolute atomic E-state index is 10.8. The van der Waals surface area contributed by atoms with Gasteiger partial charge in [0.25, 0.3) is 5.91 Å². The molecule has 0 saturated carbocycles. The number of benzene rings is 1. The van der Waals surface area contributed by atoms with Crippen LogP contribution in [0.3, 0.4) is 0 Å². The topological polar surface area (TPSA) is 49.3 Å². The molecule has 1 rings (SSSR count). The Morgan fingerprint density at radius 3 is 2.42 bits per heavy atom. The van der Waals surface area contributed by atoms with Crippen molar-refractivity contribution in [3.8, 4) is 0 Å². The van der Waals surface area contributed by atoms with Crippen LogP contribution in [0, 0.1) is 0 Å². The molecule has 1 aromatic carbocycles. The van der Waals surface area contributed by atoms with Crippen LogP contribution >= 0.6 is 11.8 Å². The summed E-state index contributed by atoms with van der Waals surface area (Å²) in [6.07, 6.45) is 1.96. The van der Waals surface area contributed by atoms with Gasteiger partial charge < -0.3 is 0 Å². The Morgan fingerprint density at radius 1 is 1.42 bits per heavy atom. The molecule has 0 aromatic heterocycles. The van der Waals surface area contributed by atoms with Gasteiger partial charge in [-0.15, -0.1) is 11.8 Å². The number of carbonyl (C=O) groups excluding carboxylic acids is 1. The standard InChI is InChI=1S/C8H9NO2S/c1-12-7-4-2-6(3-5-7)8(10)9-11/h2-5,11H,1H3,(H,9,10). The van der Waals surface area contributed by atoms with Crippen molar-refractivity contribution >= 4 is 17.7 Å². The summed E-state index contributed by atoms with van der Waals surface area (Å²) >= 11 is 1.60. The molecule has 0 unspecified atom stereocenters. The molecule has 4 heteroatoms. The predicted molar refractivity (Wildman–Crippen MR) is 47.5 cm³/mol. The third kappa shape index (κ3) is 1.99. The Morgan fingerprint density at radius 2 is 2.00 bits per heavy atom. The summed E-state index contributed by atoms with van der Waals surface area (Å²) in [6, 6.07) is 6.99. The Kier molecular flexibility index (Phi) is 3.13. The molecule has 3 nitrogen and oxygen atoms in total. The number of amides is 1. The zero-order valence-corrected chi connectivity index (χ0v) is 7.39. The van der Waals surface area contributed by atoms with Crippen LogP contribution in [0.15, 0.2) is 29.2 Å². The highest BCUT2D eigenvalue weighted by Gasteiger charge is 2.01. The fraction of sp³-hybridized carbons (Fsp3) is 0.125. The number of thioether (sulfide) groups is 1. The van der Waals surface area contributed by atoms with E-state index < -0.39 is 5.91 Å². The minimum Gasteiger partial charge on any atom is -0.288 e. The molecule has 2 N–H and O–H groups in total. The van der Waals surface area contributed by atoms with Gasteiger partial charge in [0.15, 0.2) is 0 Å². The Labute approximate surface area is 74.7 Å². The summed E-state index contributed by atoms with van der Waals surface area (Å²) in [5.41, 5.74) is 2.03. The molecule has 0 radical (unpaired) electrons. The van der Waals surface area contributed by atoms with Gasteiger partial charge in [-0.1, -0.05) is 0 Å². The average molecular weight is 183 g/mol. The van der Waals surface area contributed by atoms with E-state index in [-0.39, 0.29) is 0 Å². The molecular weight excluding hydrogens is 174 g/mol. The maximum atomic E-state index is 10.8. The number of hydrogen-bond donors (Lipinski definition) is 2. The smallest absolute Gasteiger partial charge is 0.274 e. The SMILES string of the molecule is CSc1ccc(C(=O)NO)cc1. The van der Waals surface area contributed by atoms with E-state index in [4.69, 9.17) is 5.21 Å². The summed E-state index contributed by atoms with van der Waals surface area (Å²) in [7, 11) is 0. The highest BCUT2D eigenvalue weighted by molar-refractivity contribution is 7.98. The molecule has 0 fully saturated rings. The third-order valence-corrected chi connectivity index (χ3v) is 2.20. The first-order valence-electron chi connectivity index (χ1n) is 3.36. The first-order chi connectivity index (χ1) is 5.77. The molecular formula is C8H9NO2S. The monoisotopic (exact) mass is 183 g/mol. The van der Waals surface area contributed by atoms with Crippen molar-refractivity contribution in [3.63, 3.8) is 0 Å². The highest BCUT2D eigenvalue weighted by Crippen LogP contribution is 2.14. The molecule has 0 heterocycles. The van der Waals surface area contributed by atoms with E-state index in [0.717, 1.165) is 4.90 Å². The lowest BCUT2D eigenvalue weighted by molar-refractivity contribution is 0.0706. The summed E-state index contributed by atoms with van der Waals surface area (Å²) in [5.74, 6) is -0.484. The van der Waals surface area contributed by atoms with Crippen LogP contribution in [0.4, 0.5) is 0 Å². The van der Waals surface area contributed by atoms with Crippen LogP contribution in [-0.4, -0.2) is 17.4 Å². The summed E-state index contributed by atoms with van der Waals surface area (Å²) in [6.45, 7) is 0. The second-order valence-corrected chi connectivity index (χ2v) is 3.05. The lowest BCUT2D eigenvalue weighted by Gasteiger charge is -1.99. The Balaban J connectivity index is 2.84. The van der Waals surface area contributed by atoms with Gasteiger partial charge in [0.2, 0.25) is 0 Å². The van der Waals surface area contributed by atoms with Crippen LogP contribution in [0.5, 0.6) is 0 Å². The van der Waals surface area contributed by atoms with E-state index >= 15 is 0 Å². The Bertz CT molecular complexity index is 271. The van der Waals surface area contributed by atoms with Gasteiger partial charge in [0.1, 0.15) is 0 Å². The van der Waals surface area contributed by atoms with Gasteiger partial charge in [-0.2, -0.15) is 0 Å². The number of hydrogen-bond acceptors (Lipinski definition) is 3. The van der Waals surface area contributed by atoms with E-state index in [2.05, 4.69) is 0 Å². The van der Waals surface area contributed by atoms with Gasteiger partial charge in [-0.25, -0.2) is 5.48 Å². The summed E-state index contributed by atoms with van der Waals surface area (Å²) < 4.78 is 0. The number of rotatable bonds is 2. The van der Waals surface area contributed by atoms with Crippen molar-refractivity contribution in [1.29, 1.82) is 0 Å². The molecule has 12 heavy (non-hydrogen) atoms. The molecule has 0 aliphatic rings. The third-order valence-electron chi connectivity index (χ3n) is 1.45. The molecule has 0 saturated heterocycles. The summed E-state index contributed by atoms with van der Waals surface area (Å²) in [4.78, 5) is 11.9. The highest BCUT2D eigenvalue weighted by atomic mass is 32.2. The molecule has 0 bridgehead atoms. The zero-order chi connectivity index (χ0) is 8.97. The summed E-state index contributed by atoms with van der Waals surface area (Å²) in [5, 5.41) is 8.31. The van der Waals surface area contributed by atoms with Crippen LogP contribution in [0.2, 0.25) is 0 Å². The number of carbonyl (C=O) groups is 1. The van der Waals surface area contributed by atoms with Crippen molar-refractivity contribution < 1.29 is 10.0 Å². The zero-order valence-electron chi connectivity index (χ0n) is 6.57. The molecule has 0 aliphatic carbocycles. The van der Waals surface area contributed by atoms with Crippen LogP contribution < -0.4 is 5.48 Å². The van der Waals surface area contributed by atoms with Crippen molar-refractivity contribution in [2.24, 2.45) is 0 Å². The van der Waals surface area contributed by atoms with Crippen LogP contribution in [0.1, 0.15) is 10.4 Å². The molecule has 1 amide bonds. The largest absolute Gasteiger partial charge is 0.288 e. The first kappa shape index (κ1) is 9.09. The van der Waals surface area contributed by atoms with E-state index in [1.54, 1.807) is 29.4 Å². The number of nitrogens with one attached hydrogen (secondary N) is 1.